The van der Waals surface area contributed by atoms with Gasteiger partial charge in [0.25, 0.3) is 0 Å². The van der Waals surface area contributed by atoms with Crippen molar-refractivity contribution in [1.82, 2.24) is 10.6 Å². The van der Waals surface area contributed by atoms with E-state index in [9.17, 15) is 4.79 Å². The molecule has 1 heterocycles. The number of carbonyl (C=O) groups is 1. The van der Waals surface area contributed by atoms with Gasteiger partial charge in [0, 0.05) is 6.54 Å². The van der Waals surface area contributed by atoms with Crippen LogP contribution in [-0.4, -0.2) is 19.0 Å². The van der Waals surface area contributed by atoms with Crippen molar-refractivity contribution in [1.29, 1.82) is 0 Å². The Morgan fingerprint density at radius 3 is 2.81 bits per heavy atom. The van der Waals surface area contributed by atoms with E-state index in [1.807, 2.05) is 12.1 Å². The molecular weight excluding hydrogens is 260 g/mol. The van der Waals surface area contributed by atoms with Crippen molar-refractivity contribution in [3.63, 3.8) is 0 Å². The van der Waals surface area contributed by atoms with Crippen LogP contribution in [0.3, 0.4) is 0 Å². The van der Waals surface area contributed by atoms with Gasteiger partial charge in [-0.25, -0.2) is 0 Å². The van der Waals surface area contributed by atoms with Crippen LogP contribution in [0.2, 0.25) is 0 Å². The highest BCUT2D eigenvalue weighted by Gasteiger charge is 2.22. The Balaban J connectivity index is 1.71. The summed E-state index contributed by atoms with van der Waals surface area (Å²) in [6.07, 6.45) is 2.08. The fourth-order valence-electron chi connectivity index (χ4n) is 2.97. The zero-order chi connectivity index (χ0) is 14.7. The molecule has 2 aromatic carbocycles. The minimum absolute atomic E-state index is 0.0454. The second-order valence-corrected chi connectivity index (χ2v) is 5.88. The zero-order valence-electron chi connectivity index (χ0n) is 12.4. The molecule has 3 heteroatoms. The second kappa shape index (κ2) is 6.27. The molecule has 0 radical (unpaired) electrons. The second-order valence-electron chi connectivity index (χ2n) is 5.88. The Hall–Kier alpha value is -1.87. The van der Waals surface area contributed by atoms with E-state index in [0.717, 1.165) is 31.5 Å². The van der Waals surface area contributed by atoms with Crippen LogP contribution in [0.4, 0.5) is 0 Å². The van der Waals surface area contributed by atoms with Crippen LogP contribution in [0.5, 0.6) is 0 Å². The lowest BCUT2D eigenvalue weighted by atomic mass is 9.97. The van der Waals surface area contributed by atoms with Gasteiger partial charge in [-0.3, -0.25) is 4.79 Å². The van der Waals surface area contributed by atoms with E-state index in [4.69, 9.17) is 0 Å². The first kappa shape index (κ1) is 14.1. The highest BCUT2D eigenvalue weighted by Crippen LogP contribution is 2.21. The molecule has 0 bridgehead atoms. The minimum Gasteiger partial charge on any atom is -0.349 e. The molecule has 2 unspecified atom stereocenters. The standard InChI is InChI=1S/C18H22N2O/c1-13(20-18(21)17-7-4-10-19-12-17)15-9-8-14-5-2-3-6-16(14)11-15/h2-3,5-6,8-9,11,13,17,19H,4,7,10,12H2,1H3,(H,20,21). The number of rotatable bonds is 3. The van der Waals surface area contributed by atoms with Gasteiger partial charge in [-0.05, 0) is 48.7 Å². The molecule has 2 atom stereocenters. The van der Waals surface area contributed by atoms with Gasteiger partial charge in [0.15, 0.2) is 0 Å². The van der Waals surface area contributed by atoms with Crippen molar-refractivity contribution in [2.75, 3.05) is 13.1 Å². The summed E-state index contributed by atoms with van der Waals surface area (Å²) in [4.78, 5) is 12.3. The van der Waals surface area contributed by atoms with Crippen LogP contribution >= 0.6 is 0 Å². The minimum atomic E-state index is 0.0454. The molecule has 1 saturated heterocycles. The fraction of sp³-hybridized carbons (Fsp3) is 0.389. The van der Waals surface area contributed by atoms with Gasteiger partial charge in [0.2, 0.25) is 5.91 Å². The number of nitrogens with one attached hydrogen (secondary N) is 2. The molecule has 1 aliphatic rings. The summed E-state index contributed by atoms with van der Waals surface area (Å²) in [5, 5.41) is 8.89. The van der Waals surface area contributed by atoms with Crippen molar-refractivity contribution in [3.8, 4) is 0 Å². The van der Waals surface area contributed by atoms with Gasteiger partial charge >= 0.3 is 0 Å². The molecule has 110 valence electrons. The van der Waals surface area contributed by atoms with Crippen molar-refractivity contribution >= 4 is 16.7 Å². The fourth-order valence-corrected chi connectivity index (χ4v) is 2.97. The van der Waals surface area contributed by atoms with Crippen LogP contribution in [0.25, 0.3) is 10.8 Å². The Kier molecular flexibility index (Phi) is 4.20. The maximum atomic E-state index is 12.3. The molecule has 1 aliphatic heterocycles. The zero-order valence-corrected chi connectivity index (χ0v) is 12.4. The molecule has 3 rings (SSSR count). The van der Waals surface area contributed by atoms with Gasteiger partial charge in [-0.2, -0.15) is 0 Å². The van der Waals surface area contributed by atoms with E-state index in [0.29, 0.717) is 0 Å². The maximum Gasteiger partial charge on any atom is 0.224 e. The molecule has 0 saturated carbocycles. The molecule has 0 aromatic heterocycles. The Labute approximate surface area is 125 Å². The number of hydrogen-bond donors (Lipinski definition) is 2. The highest BCUT2D eigenvalue weighted by molar-refractivity contribution is 5.83. The van der Waals surface area contributed by atoms with Gasteiger partial charge < -0.3 is 10.6 Å². The molecule has 21 heavy (non-hydrogen) atoms. The number of benzene rings is 2. The molecule has 1 fully saturated rings. The normalized spacial score (nSPS) is 20.1. The first-order chi connectivity index (χ1) is 10.2. The molecule has 0 aliphatic carbocycles. The Bertz CT molecular complexity index is 632. The topological polar surface area (TPSA) is 41.1 Å². The van der Waals surface area contributed by atoms with E-state index in [1.165, 1.54) is 10.8 Å². The summed E-state index contributed by atoms with van der Waals surface area (Å²) in [5.41, 5.74) is 1.16. The van der Waals surface area contributed by atoms with E-state index in [-0.39, 0.29) is 17.9 Å². The Morgan fingerprint density at radius 2 is 2.05 bits per heavy atom. The molecule has 1 amide bonds. The van der Waals surface area contributed by atoms with Crippen LogP contribution in [0.1, 0.15) is 31.4 Å². The summed E-state index contributed by atoms with van der Waals surface area (Å²) in [6, 6.07) is 14.7. The van der Waals surface area contributed by atoms with Gasteiger partial charge in [-0.1, -0.05) is 36.4 Å². The van der Waals surface area contributed by atoms with E-state index < -0.39 is 0 Å². The monoisotopic (exact) mass is 282 g/mol. The molecule has 2 N–H and O–H groups in total. The van der Waals surface area contributed by atoms with Crippen LogP contribution in [0, 0.1) is 5.92 Å². The third-order valence-corrected chi connectivity index (χ3v) is 4.30. The quantitative estimate of drug-likeness (QED) is 0.908. The van der Waals surface area contributed by atoms with Crippen molar-refractivity contribution in [2.24, 2.45) is 5.92 Å². The molecule has 0 spiro atoms. The number of carbonyl (C=O) groups excluding carboxylic acids is 1. The third kappa shape index (κ3) is 3.24. The lowest BCUT2D eigenvalue weighted by molar-refractivity contribution is -0.126. The number of hydrogen-bond acceptors (Lipinski definition) is 2. The number of amides is 1. The van der Waals surface area contributed by atoms with Crippen LogP contribution in [0.15, 0.2) is 42.5 Å². The average molecular weight is 282 g/mol. The summed E-state index contributed by atoms with van der Waals surface area (Å²) < 4.78 is 0. The lowest BCUT2D eigenvalue weighted by Gasteiger charge is -2.24. The van der Waals surface area contributed by atoms with Crippen molar-refractivity contribution < 1.29 is 4.79 Å². The Morgan fingerprint density at radius 1 is 1.24 bits per heavy atom. The largest absolute Gasteiger partial charge is 0.349 e. The predicted octanol–water partition coefficient (Wildman–Crippen LogP) is 3.02. The highest BCUT2D eigenvalue weighted by atomic mass is 16.1. The van der Waals surface area contributed by atoms with E-state index in [1.54, 1.807) is 0 Å². The van der Waals surface area contributed by atoms with E-state index >= 15 is 0 Å². The van der Waals surface area contributed by atoms with E-state index in [2.05, 4.69) is 47.9 Å². The molecule has 3 nitrogen and oxygen atoms in total. The summed E-state index contributed by atoms with van der Waals surface area (Å²) in [7, 11) is 0. The van der Waals surface area contributed by atoms with Gasteiger partial charge in [-0.15, -0.1) is 0 Å². The molecular formula is C18H22N2O. The van der Waals surface area contributed by atoms with Gasteiger partial charge in [0.1, 0.15) is 0 Å². The van der Waals surface area contributed by atoms with Crippen molar-refractivity contribution in [2.45, 2.75) is 25.8 Å². The number of piperidine rings is 1. The summed E-state index contributed by atoms with van der Waals surface area (Å²) >= 11 is 0. The number of fused-ring (bicyclic) bond motifs is 1. The molecule has 2 aromatic rings. The smallest absolute Gasteiger partial charge is 0.224 e. The van der Waals surface area contributed by atoms with Crippen LogP contribution in [-0.2, 0) is 4.79 Å². The van der Waals surface area contributed by atoms with Gasteiger partial charge in [0.05, 0.1) is 12.0 Å². The maximum absolute atomic E-state index is 12.3. The average Bonchev–Trinajstić information content (AvgIpc) is 2.55. The SMILES string of the molecule is CC(NC(=O)C1CCCNC1)c1ccc2ccccc2c1. The first-order valence-corrected chi connectivity index (χ1v) is 7.74. The predicted molar refractivity (Wildman–Crippen MR) is 86.1 cm³/mol. The van der Waals surface area contributed by atoms with Crippen molar-refractivity contribution in [3.05, 3.63) is 48.0 Å². The van der Waals surface area contributed by atoms with Crippen LogP contribution < -0.4 is 10.6 Å². The summed E-state index contributed by atoms with van der Waals surface area (Å²) in [6.45, 7) is 3.89. The summed E-state index contributed by atoms with van der Waals surface area (Å²) in [5.74, 6) is 0.282. The third-order valence-electron chi connectivity index (χ3n) is 4.30. The lowest BCUT2D eigenvalue weighted by Crippen LogP contribution is -2.41. The first-order valence-electron chi connectivity index (χ1n) is 7.74.